The Morgan fingerprint density at radius 2 is 2.31 bits per heavy atom. The van der Waals surface area contributed by atoms with E-state index >= 15 is 0 Å². The summed E-state index contributed by atoms with van der Waals surface area (Å²) in [6.07, 6.45) is 3.40. The van der Waals surface area contributed by atoms with E-state index in [-0.39, 0.29) is 11.8 Å². The number of piperidine rings is 1. The summed E-state index contributed by atoms with van der Waals surface area (Å²) in [5.74, 6) is 6.19. The van der Waals surface area contributed by atoms with Gasteiger partial charge >= 0.3 is 0 Å². The van der Waals surface area contributed by atoms with Crippen LogP contribution in [0.2, 0.25) is 0 Å². The maximum absolute atomic E-state index is 11.3. The quantitative estimate of drug-likeness (QED) is 0.598. The summed E-state index contributed by atoms with van der Waals surface area (Å²) in [7, 11) is 0. The van der Waals surface area contributed by atoms with Crippen LogP contribution in [0.1, 0.15) is 33.1 Å². The lowest BCUT2D eigenvalue weighted by Gasteiger charge is -2.32. The molecule has 0 spiro atoms. The minimum absolute atomic E-state index is 0.134. The molecule has 0 aromatic carbocycles. The molecule has 0 amide bonds. The molecule has 72 valence electrons. The lowest BCUT2D eigenvalue weighted by atomic mass is 9.99. The maximum atomic E-state index is 11.3. The van der Waals surface area contributed by atoms with E-state index in [1.165, 1.54) is 12.8 Å². The number of likely N-dealkylation sites (tertiary alicyclic amines) is 1. The molecule has 1 atom stereocenters. The molecule has 0 saturated carbocycles. The molecule has 0 aromatic heterocycles. The highest BCUT2D eigenvalue weighted by atomic mass is 16.1. The van der Waals surface area contributed by atoms with E-state index in [2.05, 4.69) is 16.7 Å². The monoisotopic (exact) mass is 179 g/mol. The van der Waals surface area contributed by atoms with Crippen molar-refractivity contribution in [3.8, 4) is 11.8 Å². The van der Waals surface area contributed by atoms with Crippen molar-refractivity contribution in [1.82, 2.24) is 4.90 Å². The highest BCUT2D eigenvalue weighted by Crippen LogP contribution is 2.16. The molecule has 0 bridgehead atoms. The third-order valence-corrected chi connectivity index (χ3v) is 2.54. The predicted molar refractivity (Wildman–Crippen MR) is 53.3 cm³/mol. The molecule has 2 nitrogen and oxygen atoms in total. The van der Waals surface area contributed by atoms with Crippen LogP contribution in [-0.2, 0) is 4.79 Å². The first-order valence-electron chi connectivity index (χ1n) is 4.90. The number of rotatable bonds is 2. The third kappa shape index (κ3) is 2.86. The Morgan fingerprint density at radius 3 is 2.92 bits per heavy atom. The average molecular weight is 179 g/mol. The first kappa shape index (κ1) is 10.3. The summed E-state index contributed by atoms with van der Waals surface area (Å²) in [4.78, 5) is 13.5. The summed E-state index contributed by atoms with van der Waals surface area (Å²) in [5.41, 5.74) is 0. The normalized spacial score (nSPS) is 23.4. The van der Waals surface area contributed by atoms with E-state index < -0.39 is 0 Å². The van der Waals surface area contributed by atoms with Crippen LogP contribution in [-0.4, -0.2) is 29.8 Å². The van der Waals surface area contributed by atoms with Gasteiger partial charge in [0.25, 0.3) is 0 Å². The van der Waals surface area contributed by atoms with Crippen molar-refractivity contribution >= 4 is 5.78 Å². The van der Waals surface area contributed by atoms with Crippen LogP contribution in [0.3, 0.4) is 0 Å². The van der Waals surface area contributed by atoms with Crippen LogP contribution in [0.15, 0.2) is 0 Å². The Labute approximate surface area is 80.3 Å². The van der Waals surface area contributed by atoms with Crippen LogP contribution >= 0.6 is 0 Å². The Bertz CT molecular complexity index is 236. The molecule has 1 saturated heterocycles. The molecule has 1 heterocycles. The first-order valence-corrected chi connectivity index (χ1v) is 4.90. The van der Waals surface area contributed by atoms with Crippen molar-refractivity contribution < 1.29 is 4.79 Å². The van der Waals surface area contributed by atoms with Gasteiger partial charge in [0, 0.05) is 0 Å². The van der Waals surface area contributed by atoms with E-state index in [4.69, 9.17) is 0 Å². The van der Waals surface area contributed by atoms with Crippen LogP contribution < -0.4 is 0 Å². The van der Waals surface area contributed by atoms with Crippen molar-refractivity contribution in [3.63, 3.8) is 0 Å². The first-order chi connectivity index (χ1) is 6.25. The van der Waals surface area contributed by atoms with Crippen molar-refractivity contribution in [2.45, 2.75) is 39.2 Å². The van der Waals surface area contributed by atoms with E-state index in [0.29, 0.717) is 0 Å². The topological polar surface area (TPSA) is 20.3 Å². The van der Waals surface area contributed by atoms with Gasteiger partial charge in [0.2, 0.25) is 0 Å². The van der Waals surface area contributed by atoms with Crippen molar-refractivity contribution in [1.29, 1.82) is 0 Å². The molecule has 13 heavy (non-hydrogen) atoms. The number of hydrogen-bond donors (Lipinski definition) is 0. The fourth-order valence-electron chi connectivity index (χ4n) is 1.82. The standard InChI is InChI=1S/C11H17NO/c1-3-4-8-12-9-6-5-7-11(12)10(2)13/h11H,5-9H2,1-2H3. The number of hydrogen-bond acceptors (Lipinski definition) is 2. The Morgan fingerprint density at radius 1 is 1.54 bits per heavy atom. The van der Waals surface area contributed by atoms with Gasteiger partial charge in [0.05, 0.1) is 12.6 Å². The summed E-state index contributed by atoms with van der Waals surface area (Å²) < 4.78 is 0. The number of ketones is 1. The zero-order valence-electron chi connectivity index (χ0n) is 8.47. The Balaban J connectivity index is 2.54. The van der Waals surface area contributed by atoms with Gasteiger partial charge in [-0.25, -0.2) is 0 Å². The smallest absolute Gasteiger partial charge is 0.146 e. The third-order valence-electron chi connectivity index (χ3n) is 2.54. The molecular formula is C11H17NO. The fourth-order valence-corrected chi connectivity index (χ4v) is 1.82. The van der Waals surface area contributed by atoms with Crippen molar-refractivity contribution in [3.05, 3.63) is 0 Å². The van der Waals surface area contributed by atoms with Crippen molar-refractivity contribution in [2.75, 3.05) is 13.1 Å². The highest BCUT2D eigenvalue weighted by Gasteiger charge is 2.24. The van der Waals surface area contributed by atoms with Gasteiger partial charge in [-0.05, 0) is 33.2 Å². The van der Waals surface area contributed by atoms with Crippen molar-refractivity contribution in [2.24, 2.45) is 0 Å². The lowest BCUT2D eigenvalue weighted by molar-refractivity contribution is -0.123. The van der Waals surface area contributed by atoms with E-state index in [0.717, 1.165) is 19.5 Å². The van der Waals surface area contributed by atoms with Crippen LogP contribution in [0.4, 0.5) is 0 Å². The second-order valence-electron chi connectivity index (χ2n) is 3.52. The number of nitrogens with zero attached hydrogens (tertiary/aromatic N) is 1. The number of carbonyl (C=O) groups is 1. The molecule has 1 aliphatic heterocycles. The van der Waals surface area contributed by atoms with E-state index in [9.17, 15) is 4.79 Å². The highest BCUT2D eigenvalue weighted by molar-refractivity contribution is 5.81. The molecule has 1 unspecified atom stereocenters. The molecule has 0 aromatic rings. The van der Waals surface area contributed by atoms with Crippen LogP contribution in [0.5, 0.6) is 0 Å². The largest absolute Gasteiger partial charge is 0.298 e. The van der Waals surface area contributed by atoms with E-state index in [1.54, 1.807) is 6.92 Å². The molecule has 1 fully saturated rings. The molecule has 0 radical (unpaired) electrons. The summed E-state index contributed by atoms with van der Waals surface area (Å²) in [6, 6.07) is 0.134. The van der Waals surface area contributed by atoms with Gasteiger partial charge in [-0.1, -0.05) is 12.3 Å². The van der Waals surface area contributed by atoms with E-state index in [1.807, 2.05) is 6.92 Å². The molecule has 2 heteroatoms. The maximum Gasteiger partial charge on any atom is 0.146 e. The predicted octanol–water partition coefficient (Wildman–Crippen LogP) is 1.45. The fraction of sp³-hybridized carbons (Fsp3) is 0.727. The van der Waals surface area contributed by atoms with Gasteiger partial charge in [0.1, 0.15) is 5.78 Å². The molecule has 1 aliphatic rings. The average Bonchev–Trinajstić information content (AvgIpc) is 2.15. The Kier molecular flexibility index (Phi) is 3.98. The Hall–Kier alpha value is -0.810. The summed E-state index contributed by atoms with van der Waals surface area (Å²) in [6.45, 7) is 5.30. The molecular weight excluding hydrogens is 162 g/mol. The minimum atomic E-state index is 0.134. The summed E-state index contributed by atoms with van der Waals surface area (Å²) in [5, 5.41) is 0. The zero-order chi connectivity index (χ0) is 9.68. The van der Waals surface area contributed by atoms with Gasteiger partial charge in [0.15, 0.2) is 0 Å². The van der Waals surface area contributed by atoms with Gasteiger partial charge in [-0.2, -0.15) is 0 Å². The van der Waals surface area contributed by atoms with Gasteiger partial charge in [-0.3, -0.25) is 9.69 Å². The lowest BCUT2D eigenvalue weighted by Crippen LogP contribution is -2.43. The van der Waals surface area contributed by atoms with Crippen LogP contribution in [0.25, 0.3) is 0 Å². The molecule has 1 rings (SSSR count). The van der Waals surface area contributed by atoms with Gasteiger partial charge in [-0.15, -0.1) is 5.92 Å². The van der Waals surface area contributed by atoms with Crippen LogP contribution in [0, 0.1) is 11.8 Å². The second kappa shape index (κ2) is 5.04. The zero-order valence-corrected chi connectivity index (χ0v) is 8.47. The second-order valence-corrected chi connectivity index (χ2v) is 3.52. The molecule has 0 N–H and O–H groups in total. The minimum Gasteiger partial charge on any atom is -0.298 e. The number of carbonyl (C=O) groups excluding carboxylic acids is 1. The summed E-state index contributed by atoms with van der Waals surface area (Å²) >= 11 is 0. The van der Waals surface area contributed by atoms with Gasteiger partial charge < -0.3 is 0 Å². The SMILES string of the molecule is CC#CCN1CCCCC1C(C)=O. The molecule has 0 aliphatic carbocycles. The number of Topliss-reactive ketones (excluding diaryl/α,β-unsaturated/α-hetero) is 1.